The Balaban J connectivity index is 1.40. The van der Waals surface area contributed by atoms with Crippen molar-refractivity contribution in [1.82, 2.24) is 0 Å². The lowest BCUT2D eigenvalue weighted by Gasteiger charge is -2.07. The number of hydrogen-bond acceptors (Lipinski definition) is 4. The minimum atomic E-state index is 0.766. The first-order chi connectivity index (χ1) is 11.7. The standard InChI is InChI=1S/C20H28N2O2/c21-17-7-11-19(12-8-17)23-15-5-3-1-2-4-6-16-24-20-13-9-18(22)10-14-20/h7-14H,1-6,15-16,21-22H2. The van der Waals surface area contributed by atoms with Crippen LogP contribution >= 0.6 is 0 Å². The van der Waals surface area contributed by atoms with E-state index in [4.69, 9.17) is 20.9 Å². The van der Waals surface area contributed by atoms with Crippen molar-refractivity contribution >= 4 is 11.4 Å². The number of unbranched alkanes of at least 4 members (excludes halogenated alkanes) is 5. The molecular formula is C20H28N2O2. The molecule has 4 nitrogen and oxygen atoms in total. The molecular weight excluding hydrogens is 300 g/mol. The smallest absolute Gasteiger partial charge is 0.119 e. The van der Waals surface area contributed by atoms with E-state index < -0.39 is 0 Å². The molecule has 0 saturated carbocycles. The molecule has 0 fully saturated rings. The summed E-state index contributed by atoms with van der Waals surface area (Å²) >= 11 is 0. The lowest BCUT2D eigenvalue weighted by atomic mass is 10.1. The van der Waals surface area contributed by atoms with Crippen LogP contribution in [0.15, 0.2) is 48.5 Å². The van der Waals surface area contributed by atoms with Crippen molar-refractivity contribution in [2.45, 2.75) is 38.5 Å². The van der Waals surface area contributed by atoms with E-state index in [1.165, 1.54) is 25.7 Å². The molecule has 2 rings (SSSR count). The van der Waals surface area contributed by atoms with Gasteiger partial charge in [-0.2, -0.15) is 0 Å². The lowest BCUT2D eigenvalue weighted by Crippen LogP contribution is -1.98. The lowest BCUT2D eigenvalue weighted by molar-refractivity contribution is 0.297. The molecule has 0 unspecified atom stereocenters. The highest BCUT2D eigenvalue weighted by Gasteiger charge is 1.96. The highest BCUT2D eigenvalue weighted by Crippen LogP contribution is 2.15. The number of nitrogen functional groups attached to an aromatic ring is 2. The third-order valence-corrected chi connectivity index (χ3v) is 3.84. The predicted octanol–water partition coefficient (Wildman–Crippen LogP) is 4.65. The molecule has 0 aliphatic heterocycles. The molecule has 0 atom stereocenters. The minimum absolute atomic E-state index is 0.766. The zero-order valence-electron chi connectivity index (χ0n) is 14.2. The molecule has 0 bridgehead atoms. The van der Waals surface area contributed by atoms with Crippen LogP contribution in [0.25, 0.3) is 0 Å². The van der Waals surface area contributed by atoms with E-state index in [1.54, 1.807) is 0 Å². The van der Waals surface area contributed by atoms with E-state index >= 15 is 0 Å². The largest absolute Gasteiger partial charge is 0.494 e. The van der Waals surface area contributed by atoms with Crippen LogP contribution in [0.2, 0.25) is 0 Å². The summed E-state index contributed by atoms with van der Waals surface area (Å²) in [5.41, 5.74) is 12.8. The van der Waals surface area contributed by atoms with Crippen molar-refractivity contribution in [2.24, 2.45) is 0 Å². The number of rotatable bonds is 11. The van der Waals surface area contributed by atoms with Gasteiger partial charge in [-0.3, -0.25) is 0 Å². The topological polar surface area (TPSA) is 70.5 Å². The van der Waals surface area contributed by atoms with E-state index in [-0.39, 0.29) is 0 Å². The fourth-order valence-electron chi connectivity index (χ4n) is 2.42. The van der Waals surface area contributed by atoms with Crippen molar-refractivity contribution in [3.8, 4) is 11.5 Å². The van der Waals surface area contributed by atoms with Gasteiger partial charge in [0.15, 0.2) is 0 Å². The Bertz CT molecular complexity index is 514. The van der Waals surface area contributed by atoms with E-state index in [1.807, 2.05) is 48.5 Å². The van der Waals surface area contributed by atoms with Gasteiger partial charge in [-0.25, -0.2) is 0 Å². The molecule has 130 valence electrons. The maximum Gasteiger partial charge on any atom is 0.119 e. The number of anilines is 2. The first-order valence-electron chi connectivity index (χ1n) is 8.71. The Morgan fingerprint density at radius 2 is 0.833 bits per heavy atom. The van der Waals surface area contributed by atoms with Crippen molar-refractivity contribution in [1.29, 1.82) is 0 Å². The van der Waals surface area contributed by atoms with E-state index in [2.05, 4.69) is 0 Å². The van der Waals surface area contributed by atoms with Crippen LogP contribution in [0.1, 0.15) is 38.5 Å². The SMILES string of the molecule is Nc1ccc(OCCCCCCCCOc2ccc(N)cc2)cc1. The number of hydrogen-bond donors (Lipinski definition) is 2. The van der Waals surface area contributed by atoms with Gasteiger partial charge in [-0.1, -0.05) is 25.7 Å². The van der Waals surface area contributed by atoms with Crippen LogP contribution in [-0.4, -0.2) is 13.2 Å². The molecule has 0 saturated heterocycles. The van der Waals surface area contributed by atoms with Crippen LogP contribution in [0.3, 0.4) is 0 Å². The van der Waals surface area contributed by atoms with Gasteiger partial charge < -0.3 is 20.9 Å². The first-order valence-corrected chi connectivity index (χ1v) is 8.71. The molecule has 24 heavy (non-hydrogen) atoms. The van der Waals surface area contributed by atoms with Crippen LogP contribution in [0.5, 0.6) is 11.5 Å². The summed E-state index contributed by atoms with van der Waals surface area (Å²) in [7, 11) is 0. The highest BCUT2D eigenvalue weighted by atomic mass is 16.5. The van der Waals surface area contributed by atoms with Crippen molar-refractivity contribution in [3.63, 3.8) is 0 Å². The predicted molar refractivity (Wildman–Crippen MR) is 100 cm³/mol. The second-order valence-corrected chi connectivity index (χ2v) is 5.96. The molecule has 0 aliphatic rings. The Morgan fingerprint density at radius 3 is 1.21 bits per heavy atom. The molecule has 0 spiro atoms. The van der Waals surface area contributed by atoms with Crippen LogP contribution in [0.4, 0.5) is 11.4 Å². The van der Waals surface area contributed by atoms with E-state index in [9.17, 15) is 0 Å². The summed E-state index contributed by atoms with van der Waals surface area (Å²) in [4.78, 5) is 0. The van der Waals surface area contributed by atoms with Gasteiger partial charge in [-0.15, -0.1) is 0 Å². The number of ether oxygens (including phenoxy) is 2. The summed E-state index contributed by atoms with van der Waals surface area (Å²) < 4.78 is 11.4. The Kier molecular flexibility index (Phi) is 7.81. The molecule has 0 aliphatic carbocycles. The Morgan fingerprint density at radius 1 is 0.500 bits per heavy atom. The maximum atomic E-state index is 5.68. The van der Waals surface area contributed by atoms with Crippen LogP contribution in [-0.2, 0) is 0 Å². The summed E-state index contributed by atoms with van der Waals surface area (Å²) in [6.45, 7) is 1.54. The molecule has 0 amide bonds. The van der Waals surface area contributed by atoms with Gasteiger partial charge in [0.25, 0.3) is 0 Å². The molecule has 0 heterocycles. The van der Waals surface area contributed by atoms with Crippen molar-refractivity contribution in [3.05, 3.63) is 48.5 Å². The average molecular weight is 328 g/mol. The van der Waals surface area contributed by atoms with Crippen molar-refractivity contribution < 1.29 is 9.47 Å². The van der Waals surface area contributed by atoms with Crippen molar-refractivity contribution in [2.75, 3.05) is 24.7 Å². The zero-order chi connectivity index (χ0) is 17.0. The van der Waals surface area contributed by atoms with Gasteiger partial charge in [0, 0.05) is 11.4 Å². The zero-order valence-corrected chi connectivity index (χ0v) is 14.2. The molecule has 0 radical (unpaired) electrons. The molecule has 2 aromatic carbocycles. The van der Waals surface area contributed by atoms with Gasteiger partial charge in [0.05, 0.1) is 13.2 Å². The first kappa shape index (κ1) is 18.0. The molecule has 0 aromatic heterocycles. The number of benzene rings is 2. The quantitative estimate of drug-likeness (QED) is 0.465. The van der Waals surface area contributed by atoms with Crippen LogP contribution in [0, 0.1) is 0 Å². The number of nitrogens with two attached hydrogens (primary N) is 2. The molecule has 4 heteroatoms. The second kappa shape index (κ2) is 10.4. The van der Waals surface area contributed by atoms with E-state index in [0.29, 0.717) is 0 Å². The fraction of sp³-hybridized carbons (Fsp3) is 0.400. The minimum Gasteiger partial charge on any atom is -0.494 e. The van der Waals surface area contributed by atoms with E-state index in [0.717, 1.165) is 48.9 Å². The Hall–Kier alpha value is -2.36. The van der Waals surface area contributed by atoms with Gasteiger partial charge in [0.1, 0.15) is 11.5 Å². The van der Waals surface area contributed by atoms with Gasteiger partial charge >= 0.3 is 0 Å². The summed E-state index contributed by atoms with van der Waals surface area (Å²) in [6.07, 6.45) is 7.07. The monoisotopic (exact) mass is 328 g/mol. The summed E-state index contributed by atoms with van der Waals surface area (Å²) in [5.74, 6) is 1.79. The maximum absolute atomic E-state index is 5.68. The molecule has 4 N–H and O–H groups in total. The third-order valence-electron chi connectivity index (χ3n) is 3.84. The fourth-order valence-corrected chi connectivity index (χ4v) is 2.42. The van der Waals surface area contributed by atoms with Gasteiger partial charge in [-0.05, 0) is 61.4 Å². The van der Waals surface area contributed by atoms with Gasteiger partial charge in [0.2, 0.25) is 0 Å². The summed E-state index contributed by atoms with van der Waals surface area (Å²) in [6, 6.07) is 15.1. The van der Waals surface area contributed by atoms with Crippen LogP contribution < -0.4 is 20.9 Å². The average Bonchev–Trinajstić information content (AvgIpc) is 2.60. The second-order valence-electron chi connectivity index (χ2n) is 5.96. The normalized spacial score (nSPS) is 10.5. The highest BCUT2D eigenvalue weighted by molar-refractivity contribution is 5.42. The molecule has 2 aromatic rings. The third kappa shape index (κ3) is 7.27. The summed E-state index contributed by atoms with van der Waals surface area (Å²) in [5, 5.41) is 0. The Labute approximate surface area is 144 Å².